The quantitative estimate of drug-likeness (QED) is 0.738. The Kier molecular flexibility index (Phi) is 3.17. The highest BCUT2D eigenvalue weighted by Crippen LogP contribution is 2.49. The molecule has 1 spiro atoms. The lowest BCUT2D eigenvalue weighted by atomic mass is 9.79. The molecule has 0 bridgehead atoms. The molecule has 0 radical (unpaired) electrons. The minimum Gasteiger partial charge on any atom is -0.452 e. The zero-order valence-electron chi connectivity index (χ0n) is 9.75. The van der Waals surface area contributed by atoms with Crippen LogP contribution in [0, 0.1) is 5.41 Å². The fraction of sp³-hybridized carbons (Fsp3) is 0.833. The third-order valence-electron chi connectivity index (χ3n) is 3.69. The number of nitrogens with one attached hydrogen (secondary N) is 1. The minimum absolute atomic E-state index is 0.102. The van der Waals surface area contributed by atoms with Crippen LogP contribution in [0.4, 0.5) is 0 Å². The predicted octanol–water partition coefficient (Wildman–Crippen LogP) is 1.39. The van der Waals surface area contributed by atoms with Crippen molar-refractivity contribution in [3.8, 4) is 0 Å². The van der Waals surface area contributed by atoms with Crippen LogP contribution in [0.2, 0.25) is 0 Å². The van der Waals surface area contributed by atoms with E-state index in [1.54, 1.807) is 0 Å². The van der Waals surface area contributed by atoms with E-state index in [2.05, 4.69) is 5.32 Å². The summed E-state index contributed by atoms with van der Waals surface area (Å²) in [5.74, 6) is -0.312. The summed E-state index contributed by atoms with van der Waals surface area (Å²) in [6, 6.07) is 0. The normalized spacial score (nSPS) is 27.1. The minimum atomic E-state index is -0.533. The first-order valence-corrected chi connectivity index (χ1v) is 6.15. The molecule has 1 heterocycles. The van der Waals surface area contributed by atoms with Gasteiger partial charge in [-0.15, -0.1) is 0 Å². The summed E-state index contributed by atoms with van der Waals surface area (Å²) in [6.45, 7) is 2.66. The Hall–Kier alpha value is -1.06. The van der Waals surface area contributed by atoms with Crippen LogP contribution in [0.3, 0.4) is 0 Å². The lowest BCUT2D eigenvalue weighted by Gasteiger charge is -2.26. The largest absolute Gasteiger partial charge is 0.452 e. The van der Waals surface area contributed by atoms with Gasteiger partial charge in [0.2, 0.25) is 0 Å². The Morgan fingerprint density at radius 3 is 2.81 bits per heavy atom. The second-order valence-corrected chi connectivity index (χ2v) is 4.91. The number of hydrogen-bond acceptors (Lipinski definition) is 3. The number of rotatable bonds is 3. The van der Waals surface area contributed by atoms with Gasteiger partial charge in [-0.3, -0.25) is 9.59 Å². The molecule has 0 aromatic heterocycles. The third kappa shape index (κ3) is 1.93. The molecule has 4 heteroatoms. The standard InChI is InChI=1S/C12H19NO3/c1-2-7-13-11(15)10-12(5-3-4-6-12)8-9(14)16-10/h10H,2-8H2,1H3,(H,13,15). The van der Waals surface area contributed by atoms with Crippen molar-refractivity contribution in [1.82, 2.24) is 5.32 Å². The van der Waals surface area contributed by atoms with Gasteiger partial charge in [0.05, 0.1) is 6.42 Å². The molecule has 0 aromatic rings. The summed E-state index contributed by atoms with van der Waals surface area (Å²) in [6.07, 6.45) is 4.90. The molecule has 2 aliphatic rings. The highest BCUT2D eigenvalue weighted by atomic mass is 16.6. The van der Waals surface area contributed by atoms with Gasteiger partial charge in [-0.1, -0.05) is 19.8 Å². The molecule has 1 atom stereocenters. The van der Waals surface area contributed by atoms with Gasteiger partial charge in [0.15, 0.2) is 6.10 Å². The van der Waals surface area contributed by atoms with Crippen molar-refractivity contribution in [2.24, 2.45) is 5.41 Å². The Bertz CT molecular complexity index is 295. The summed E-state index contributed by atoms with van der Waals surface area (Å²) in [4.78, 5) is 23.3. The number of carbonyl (C=O) groups is 2. The number of cyclic esters (lactones) is 1. The Labute approximate surface area is 95.7 Å². The van der Waals surface area contributed by atoms with Crippen molar-refractivity contribution < 1.29 is 14.3 Å². The summed E-state index contributed by atoms with van der Waals surface area (Å²) < 4.78 is 5.21. The number of ether oxygens (including phenoxy) is 1. The average molecular weight is 225 g/mol. The van der Waals surface area contributed by atoms with Gasteiger partial charge in [0.1, 0.15) is 0 Å². The molecule has 1 saturated heterocycles. The Morgan fingerprint density at radius 1 is 1.50 bits per heavy atom. The Balaban J connectivity index is 2.06. The van der Waals surface area contributed by atoms with Crippen LogP contribution < -0.4 is 5.32 Å². The van der Waals surface area contributed by atoms with Crippen molar-refractivity contribution in [2.75, 3.05) is 6.54 Å². The van der Waals surface area contributed by atoms with Crippen molar-refractivity contribution in [3.63, 3.8) is 0 Å². The molecule has 1 amide bonds. The monoisotopic (exact) mass is 225 g/mol. The first-order chi connectivity index (χ1) is 7.68. The highest BCUT2D eigenvalue weighted by Gasteiger charge is 2.53. The fourth-order valence-corrected chi connectivity index (χ4v) is 2.87. The maximum absolute atomic E-state index is 11.9. The van der Waals surface area contributed by atoms with Crippen LogP contribution in [0.15, 0.2) is 0 Å². The van der Waals surface area contributed by atoms with E-state index in [9.17, 15) is 9.59 Å². The van der Waals surface area contributed by atoms with Crippen LogP contribution in [0.25, 0.3) is 0 Å². The molecule has 1 unspecified atom stereocenters. The lowest BCUT2D eigenvalue weighted by molar-refractivity contribution is -0.149. The molecular formula is C12H19NO3. The second kappa shape index (κ2) is 4.44. The molecule has 1 aliphatic carbocycles. The van der Waals surface area contributed by atoms with Gasteiger partial charge < -0.3 is 10.1 Å². The van der Waals surface area contributed by atoms with Crippen molar-refractivity contribution >= 4 is 11.9 Å². The number of carbonyl (C=O) groups excluding carboxylic acids is 2. The van der Waals surface area contributed by atoms with Crippen LogP contribution in [-0.4, -0.2) is 24.5 Å². The summed E-state index contributed by atoms with van der Waals surface area (Å²) >= 11 is 0. The third-order valence-corrected chi connectivity index (χ3v) is 3.69. The maximum Gasteiger partial charge on any atom is 0.307 e. The van der Waals surface area contributed by atoms with E-state index in [1.165, 1.54) is 0 Å². The van der Waals surface area contributed by atoms with Gasteiger partial charge in [-0.05, 0) is 19.3 Å². The first-order valence-electron chi connectivity index (χ1n) is 6.15. The molecule has 4 nitrogen and oxygen atoms in total. The molecule has 0 aromatic carbocycles. The zero-order chi connectivity index (χ0) is 11.6. The molecule has 2 fully saturated rings. The van der Waals surface area contributed by atoms with Crippen molar-refractivity contribution in [2.45, 2.75) is 51.6 Å². The van der Waals surface area contributed by atoms with E-state index in [-0.39, 0.29) is 17.3 Å². The number of hydrogen-bond donors (Lipinski definition) is 1. The van der Waals surface area contributed by atoms with Crippen LogP contribution in [-0.2, 0) is 14.3 Å². The van der Waals surface area contributed by atoms with Gasteiger partial charge in [-0.25, -0.2) is 0 Å². The topological polar surface area (TPSA) is 55.4 Å². The molecule has 1 aliphatic heterocycles. The Morgan fingerprint density at radius 2 is 2.19 bits per heavy atom. The van der Waals surface area contributed by atoms with Gasteiger partial charge in [-0.2, -0.15) is 0 Å². The lowest BCUT2D eigenvalue weighted by Crippen LogP contribution is -2.43. The summed E-state index contributed by atoms with van der Waals surface area (Å²) in [5, 5.41) is 2.83. The summed E-state index contributed by atoms with van der Waals surface area (Å²) in [7, 11) is 0. The van der Waals surface area contributed by atoms with E-state index >= 15 is 0 Å². The number of esters is 1. The van der Waals surface area contributed by atoms with E-state index in [1.807, 2.05) is 6.92 Å². The second-order valence-electron chi connectivity index (χ2n) is 4.91. The van der Waals surface area contributed by atoms with E-state index in [4.69, 9.17) is 4.74 Å². The SMILES string of the molecule is CCCNC(=O)C1OC(=O)CC12CCCC2. The van der Waals surface area contributed by atoms with Gasteiger partial charge in [0.25, 0.3) is 5.91 Å². The fourth-order valence-electron chi connectivity index (χ4n) is 2.87. The number of amides is 1. The van der Waals surface area contributed by atoms with E-state index < -0.39 is 6.10 Å². The van der Waals surface area contributed by atoms with Crippen LogP contribution in [0.5, 0.6) is 0 Å². The smallest absolute Gasteiger partial charge is 0.307 e. The van der Waals surface area contributed by atoms with Crippen LogP contribution in [0.1, 0.15) is 45.4 Å². The maximum atomic E-state index is 11.9. The first kappa shape index (κ1) is 11.4. The molecule has 1 saturated carbocycles. The van der Waals surface area contributed by atoms with E-state index in [0.29, 0.717) is 13.0 Å². The van der Waals surface area contributed by atoms with Crippen molar-refractivity contribution in [3.05, 3.63) is 0 Å². The molecule has 90 valence electrons. The molecular weight excluding hydrogens is 206 g/mol. The summed E-state index contributed by atoms with van der Waals surface area (Å²) in [5.41, 5.74) is -0.186. The average Bonchev–Trinajstić information content (AvgIpc) is 2.84. The van der Waals surface area contributed by atoms with Crippen LogP contribution >= 0.6 is 0 Å². The predicted molar refractivity (Wildman–Crippen MR) is 58.7 cm³/mol. The zero-order valence-corrected chi connectivity index (χ0v) is 9.75. The van der Waals surface area contributed by atoms with Crippen molar-refractivity contribution in [1.29, 1.82) is 0 Å². The molecule has 2 rings (SSSR count). The molecule has 16 heavy (non-hydrogen) atoms. The van der Waals surface area contributed by atoms with Gasteiger partial charge >= 0.3 is 5.97 Å². The molecule has 1 N–H and O–H groups in total. The van der Waals surface area contributed by atoms with E-state index in [0.717, 1.165) is 32.1 Å². The van der Waals surface area contributed by atoms with Gasteiger partial charge in [0, 0.05) is 12.0 Å². The highest BCUT2D eigenvalue weighted by molar-refractivity contribution is 5.88.